The molecule has 0 amide bonds. The highest BCUT2D eigenvalue weighted by molar-refractivity contribution is 7.87. The van der Waals surface area contributed by atoms with Crippen molar-refractivity contribution in [1.29, 1.82) is 0 Å². The Morgan fingerprint density at radius 2 is 1.84 bits per heavy atom. The second-order valence-electron chi connectivity index (χ2n) is 4.96. The van der Waals surface area contributed by atoms with Gasteiger partial charge in [-0.3, -0.25) is 4.79 Å². The van der Waals surface area contributed by atoms with Crippen LogP contribution >= 0.6 is 0 Å². The zero-order valence-corrected chi connectivity index (χ0v) is 12.5. The van der Waals surface area contributed by atoms with Crippen molar-refractivity contribution >= 4 is 16.2 Å². The van der Waals surface area contributed by atoms with Crippen molar-refractivity contribution in [3.8, 4) is 0 Å². The lowest BCUT2D eigenvalue weighted by atomic mass is 10.1. The molecule has 0 atom stereocenters. The zero-order valence-electron chi connectivity index (χ0n) is 11.7. The summed E-state index contributed by atoms with van der Waals surface area (Å²) in [6.45, 7) is 0.134. The molecule has 1 saturated carbocycles. The predicted octanol–water partition coefficient (Wildman–Crippen LogP) is 1.04. The van der Waals surface area contributed by atoms with Crippen LogP contribution in [0.4, 0.5) is 0 Å². The fourth-order valence-corrected chi connectivity index (χ4v) is 3.34. The van der Waals surface area contributed by atoms with Gasteiger partial charge < -0.3 is 4.74 Å². The second kappa shape index (κ2) is 7.81. The third kappa shape index (κ3) is 5.88. The first-order valence-corrected chi connectivity index (χ1v) is 8.20. The summed E-state index contributed by atoms with van der Waals surface area (Å²) < 4.78 is 32.5. The van der Waals surface area contributed by atoms with Crippen LogP contribution in [0.2, 0.25) is 0 Å². The minimum atomic E-state index is -3.50. The van der Waals surface area contributed by atoms with Crippen LogP contribution in [0.15, 0.2) is 0 Å². The highest BCUT2D eigenvalue weighted by Gasteiger charge is 2.23. The SMILES string of the molecule is COC(=O)CCN(C)S(=O)(=O)NC1CCCCCC1. The minimum Gasteiger partial charge on any atom is -0.469 e. The van der Waals surface area contributed by atoms with E-state index in [2.05, 4.69) is 9.46 Å². The summed E-state index contributed by atoms with van der Waals surface area (Å²) in [5.41, 5.74) is 0. The predicted molar refractivity (Wildman–Crippen MR) is 72.8 cm³/mol. The minimum absolute atomic E-state index is 0.0214. The van der Waals surface area contributed by atoms with E-state index in [-0.39, 0.29) is 19.0 Å². The van der Waals surface area contributed by atoms with Gasteiger partial charge in [0.1, 0.15) is 0 Å². The van der Waals surface area contributed by atoms with Crippen molar-refractivity contribution in [3.05, 3.63) is 0 Å². The molecule has 1 N–H and O–H groups in total. The fraction of sp³-hybridized carbons (Fsp3) is 0.917. The molecule has 7 heteroatoms. The molecule has 1 aliphatic rings. The average molecular weight is 292 g/mol. The largest absolute Gasteiger partial charge is 0.469 e. The first-order chi connectivity index (χ1) is 8.95. The Bertz CT molecular complexity index is 375. The number of hydrogen-bond acceptors (Lipinski definition) is 4. The lowest BCUT2D eigenvalue weighted by Gasteiger charge is -2.22. The van der Waals surface area contributed by atoms with Crippen LogP contribution in [-0.2, 0) is 19.7 Å². The zero-order chi connectivity index (χ0) is 14.3. The molecule has 1 fully saturated rings. The third-order valence-electron chi connectivity index (χ3n) is 3.44. The van der Waals surface area contributed by atoms with Crippen molar-refractivity contribution in [1.82, 2.24) is 9.03 Å². The normalized spacial score (nSPS) is 18.3. The molecule has 112 valence electrons. The summed E-state index contributed by atoms with van der Waals surface area (Å²) in [6, 6.07) is 0.0214. The Balaban J connectivity index is 2.46. The number of ether oxygens (including phenoxy) is 1. The molecule has 1 aliphatic carbocycles. The smallest absolute Gasteiger partial charge is 0.306 e. The molecule has 0 saturated heterocycles. The van der Waals surface area contributed by atoms with Gasteiger partial charge in [-0.15, -0.1) is 0 Å². The van der Waals surface area contributed by atoms with Crippen LogP contribution in [0.1, 0.15) is 44.9 Å². The molecule has 0 aromatic rings. The van der Waals surface area contributed by atoms with E-state index in [4.69, 9.17) is 0 Å². The topological polar surface area (TPSA) is 75.7 Å². The van der Waals surface area contributed by atoms with Gasteiger partial charge in [0.05, 0.1) is 13.5 Å². The molecule has 0 spiro atoms. The lowest BCUT2D eigenvalue weighted by molar-refractivity contribution is -0.140. The molecule has 0 aliphatic heterocycles. The lowest BCUT2D eigenvalue weighted by Crippen LogP contribution is -2.44. The van der Waals surface area contributed by atoms with Gasteiger partial charge in [0, 0.05) is 19.6 Å². The number of nitrogens with zero attached hydrogens (tertiary/aromatic N) is 1. The molecule has 0 bridgehead atoms. The third-order valence-corrected chi connectivity index (χ3v) is 5.07. The van der Waals surface area contributed by atoms with E-state index in [9.17, 15) is 13.2 Å². The average Bonchev–Trinajstić information content (AvgIpc) is 2.63. The van der Waals surface area contributed by atoms with Gasteiger partial charge in [-0.05, 0) is 12.8 Å². The molecule has 1 rings (SSSR count). The standard InChI is InChI=1S/C12H24N2O4S/c1-14(10-9-12(15)18-2)19(16,17)13-11-7-5-3-4-6-8-11/h11,13H,3-10H2,1-2H3. The van der Waals surface area contributed by atoms with E-state index in [1.54, 1.807) is 0 Å². The summed E-state index contributed by atoms with van der Waals surface area (Å²) in [6.07, 6.45) is 6.34. The molecule has 0 aromatic carbocycles. The van der Waals surface area contributed by atoms with E-state index in [0.717, 1.165) is 25.7 Å². The van der Waals surface area contributed by atoms with Crippen LogP contribution < -0.4 is 4.72 Å². The number of methoxy groups -OCH3 is 1. The molecule has 0 aromatic heterocycles. The molecular formula is C12H24N2O4S. The Kier molecular flexibility index (Phi) is 6.74. The van der Waals surface area contributed by atoms with Crippen LogP contribution in [0.3, 0.4) is 0 Å². The summed E-state index contributed by atoms with van der Waals surface area (Å²) in [5, 5.41) is 0. The van der Waals surface area contributed by atoms with Gasteiger partial charge in [0.15, 0.2) is 0 Å². The Morgan fingerprint density at radius 3 is 2.37 bits per heavy atom. The number of hydrogen-bond donors (Lipinski definition) is 1. The van der Waals surface area contributed by atoms with Crippen LogP contribution in [0.5, 0.6) is 0 Å². The summed E-state index contributed by atoms with van der Waals surface area (Å²) in [5.74, 6) is -0.406. The molecule has 0 radical (unpaired) electrons. The van der Waals surface area contributed by atoms with Gasteiger partial charge >= 0.3 is 5.97 Å². The second-order valence-corrected chi connectivity index (χ2v) is 6.77. The molecule has 0 heterocycles. The van der Waals surface area contributed by atoms with E-state index in [1.807, 2.05) is 0 Å². The van der Waals surface area contributed by atoms with Crippen molar-refractivity contribution < 1.29 is 17.9 Å². The first-order valence-electron chi connectivity index (χ1n) is 6.76. The maximum Gasteiger partial charge on any atom is 0.306 e. The van der Waals surface area contributed by atoms with Crippen molar-refractivity contribution in [2.24, 2.45) is 0 Å². The van der Waals surface area contributed by atoms with Gasteiger partial charge in [-0.2, -0.15) is 17.4 Å². The monoisotopic (exact) mass is 292 g/mol. The Morgan fingerprint density at radius 1 is 1.26 bits per heavy atom. The van der Waals surface area contributed by atoms with Gasteiger partial charge in [0.2, 0.25) is 0 Å². The van der Waals surface area contributed by atoms with E-state index < -0.39 is 16.2 Å². The maximum absolute atomic E-state index is 12.1. The number of carbonyl (C=O) groups excluding carboxylic acids is 1. The summed E-state index contributed by atoms with van der Waals surface area (Å²) in [7, 11) is -0.738. The highest BCUT2D eigenvalue weighted by atomic mass is 32.2. The fourth-order valence-electron chi connectivity index (χ4n) is 2.17. The Labute approximate surface area is 115 Å². The van der Waals surface area contributed by atoms with Crippen molar-refractivity contribution in [2.75, 3.05) is 20.7 Å². The highest BCUT2D eigenvalue weighted by Crippen LogP contribution is 2.18. The summed E-state index contributed by atoms with van der Waals surface area (Å²) in [4.78, 5) is 11.0. The van der Waals surface area contributed by atoms with Crippen LogP contribution in [0.25, 0.3) is 0 Å². The number of nitrogens with one attached hydrogen (secondary N) is 1. The molecule has 6 nitrogen and oxygen atoms in total. The van der Waals surface area contributed by atoms with Gasteiger partial charge in [-0.25, -0.2) is 0 Å². The first kappa shape index (κ1) is 16.4. The van der Waals surface area contributed by atoms with Crippen molar-refractivity contribution in [2.45, 2.75) is 51.0 Å². The van der Waals surface area contributed by atoms with Crippen molar-refractivity contribution in [3.63, 3.8) is 0 Å². The van der Waals surface area contributed by atoms with Crippen LogP contribution in [0, 0.1) is 0 Å². The van der Waals surface area contributed by atoms with E-state index in [0.29, 0.717) is 0 Å². The molecular weight excluding hydrogens is 268 g/mol. The number of esters is 1. The summed E-state index contributed by atoms with van der Waals surface area (Å²) >= 11 is 0. The van der Waals surface area contributed by atoms with Gasteiger partial charge in [0.25, 0.3) is 10.2 Å². The van der Waals surface area contributed by atoms with E-state index in [1.165, 1.54) is 31.3 Å². The number of rotatable bonds is 6. The molecule has 0 unspecified atom stereocenters. The molecule has 19 heavy (non-hydrogen) atoms. The van der Waals surface area contributed by atoms with Crippen LogP contribution in [-0.4, -0.2) is 45.4 Å². The number of carbonyl (C=O) groups is 1. The van der Waals surface area contributed by atoms with E-state index >= 15 is 0 Å². The maximum atomic E-state index is 12.1. The Hall–Kier alpha value is -0.660. The van der Waals surface area contributed by atoms with Gasteiger partial charge in [-0.1, -0.05) is 25.7 Å². The quantitative estimate of drug-likeness (QED) is 0.586.